The van der Waals surface area contributed by atoms with E-state index in [4.69, 9.17) is 0 Å². The summed E-state index contributed by atoms with van der Waals surface area (Å²) in [4.78, 5) is 17.7. The Labute approximate surface area is 174 Å². The van der Waals surface area contributed by atoms with E-state index in [1.165, 1.54) is 30.1 Å². The van der Waals surface area contributed by atoms with Crippen LogP contribution in [0.15, 0.2) is 88.8 Å². The quantitative estimate of drug-likeness (QED) is 0.521. The number of sulfonamides is 1. The Morgan fingerprint density at radius 2 is 1.69 bits per heavy atom. The van der Waals surface area contributed by atoms with Gasteiger partial charge in [-0.3, -0.25) is 9.52 Å². The van der Waals surface area contributed by atoms with Crippen LogP contribution in [0.1, 0.15) is 13.3 Å². The second-order valence-corrected chi connectivity index (χ2v) is 9.12. The van der Waals surface area contributed by atoms with Crippen molar-refractivity contribution < 1.29 is 13.2 Å². The number of rotatable bonds is 8. The molecule has 29 heavy (non-hydrogen) atoms. The molecule has 150 valence electrons. The second kappa shape index (κ2) is 9.58. The zero-order chi connectivity index (χ0) is 20.7. The highest BCUT2D eigenvalue weighted by atomic mass is 32.2. The molecule has 2 N–H and O–H groups in total. The molecule has 6 nitrogen and oxygen atoms in total. The van der Waals surface area contributed by atoms with E-state index in [2.05, 4.69) is 15.0 Å². The molecule has 0 fully saturated rings. The van der Waals surface area contributed by atoms with E-state index >= 15 is 0 Å². The van der Waals surface area contributed by atoms with E-state index in [-0.39, 0.29) is 21.9 Å². The average Bonchev–Trinajstić information content (AvgIpc) is 2.73. The van der Waals surface area contributed by atoms with Gasteiger partial charge in [0.2, 0.25) is 5.91 Å². The standard InChI is InChI=1S/C21H21N3O3S2/c1-2-19(28-17-8-4-3-5-9-17)21(25)23-16-11-13-18(14-12-16)29(26,27)24-20-10-6-7-15-22-20/h3-15,19H,2H2,1H3,(H,22,24)(H,23,25). The molecule has 8 heteroatoms. The van der Waals surface area contributed by atoms with Gasteiger partial charge in [-0.25, -0.2) is 13.4 Å². The Hall–Kier alpha value is -2.84. The second-order valence-electron chi connectivity index (χ2n) is 6.16. The van der Waals surface area contributed by atoms with Crippen LogP contribution >= 0.6 is 11.8 Å². The summed E-state index contributed by atoms with van der Waals surface area (Å²) in [6.45, 7) is 1.96. The van der Waals surface area contributed by atoms with Gasteiger partial charge in [0.05, 0.1) is 10.1 Å². The van der Waals surface area contributed by atoms with Crippen molar-refractivity contribution in [2.75, 3.05) is 10.0 Å². The van der Waals surface area contributed by atoms with Crippen molar-refractivity contribution in [3.8, 4) is 0 Å². The number of hydrogen-bond donors (Lipinski definition) is 2. The molecule has 0 bridgehead atoms. The molecule has 0 aliphatic rings. The maximum atomic E-state index is 12.6. The zero-order valence-electron chi connectivity index (χ0n) is 15.8. The molecule has 1 unspecified atom stereocenters. The molecule has 1 atom stereocenters. The lowest BCUT2D eigenvalue weighted by Gasteiger charge is -2.15. The molecule has 0 saturated carbocycles. The van der Waals surface area contributed by atoms with E-state index in [1.807, 2.05) is 37.3 Å². The number of nitrogens with one attached hydrogen (secondary N) is 2. The van der Waals surface area contributed by atoms with E-state index in [9.17, 15) is 13.2 Å². The number of carbonyl (C=O) groups excluding carboxylic acids is 1. The number of carbonyl (C=O) groups is 1. The highest BCUT2D eigenvalue weighted by Gasteiger charge is 2.19. The summed E-state index contributed by atoms with van der Waals surface area (Å²) in [5.74, 6) is 0.122. The fourth-order valence-corrected chi connectivity index (χ4v) is 4.53. The summed E-state index contributed by atoms with van der Waals surface area (Å²) < 4.78 is 27.3. The number of hydrogen-bond acceptors (Lipinski definition) is 5. The number of pyridine rings is 1. The Bertz CT molecular complexity index is 1040. The van der Waals surface area contributed by atoms with Crippen molar-refractivity contribution in [1.82, 2.24) is 4.98 Å². The first-order valence-electron chi connectivity index (χ1n) is 9.04. The highest BCUT2D eigenvalue weighted by Crippen LogP contribution is 2.26. The normalized spacial score (nSPS) is 12.2. The van der Waals surface area contributed by atoms with Gasteiger partial charge in [-0.05, 0) is 55.0 Å². The van der Waals surface area contributed by atoms with Crippen LogP contribution in [0.2, 0.25) is 0 Å². The smallest absolute Gasteiger partial charge is 0.263 e. The predicted octanol–water partition coefficient (Wildman–Crippen LogP) is 4.39. The first kappa shape index (κ1) is 20.9. The summed E-state index contributed by atoms with van der Waals surface area (Å²) >= 11 is 1.50. The average molecular weight is 428 g/mol. The summed E-state index contributed by atoms with van der Waals surface area (Å²) in [6, 6.07) is 20.8. The molecular formula is C21H21N3O3S2. The number of thioether (sulfide) groups is 1. The van der Waals surface area contributed by atoms with Gasteiger partial charge in [0.1, 0.15) is 5.82 Å². The minimum absolute atomic E-state index is 0.0897. The van der Waals surface area contributed by atoms with Crippen molar-refractivity contribution >= 4 is 39.2 Å². The minimum Gasteiger partial charge on any atom is -0.325 e. The number of anilines is 2. The molecule has 1 heterocycles. The van der Waals surface area contributed by atoms with Crippen molar-refractivity contribution in [3.63, 3.8) is 0 Å². The number of amides is 1. The van der Waals surface area contributed by atoms with Crippen LogP contribution in [0.25, 0.3) is 0 Å². The largest absolute Gasteiger partial charge is 0.325 e. The van der Waals surface area contributed by atoms with Crippen molar-refractivity contribution in [3.05, 3.63) is 79.0 Å². The zero-order valence-corrected chi connectivity index (χ0v) is 17.4. The molecule has 0 aliphatic heterocycles. The SMILES string of the molecule is CCC(Sc1ccccc1)C(=O)Nc1ccc(S(=O)(=O)Nc2ccccn2)cc1. The molecule has 1 amide bonds. The molecule has 1 aromatic heterocycles. The Morgan fingerprint density at radius 3 is 2.31 bits per heavy atom. The first-order valence-corrected chi connectivity index (χ1v) is 11.4. The number of benzene rings is 2. The van der Waals surface area contributed by atoms with Gasteiger partial charge in [0.15, 0.2) is 0 Å². The van der Waals surface area contributed by atoms with E-state index in [0.29, 0.717) is 12.1 Å². The molecule has 0 saturated heterocycles. The number of nitrogens with zero attached hydrogens (tertiary/aromatic N) is 1. The van der Waals surface area contributed by atoms with Gasteiger partial charge >= 0.3 is 0 Å². The third-order valence-electron chi connectivity index (χ3n) is 4.02. The molecule has 0 radical (unpaired) electrons. The van der Waals surface area contributed by atoms with Crippen LogP contribution in [-0.4, -0.2) is 24.6 Å². The molecule has 3 rings (SSSR count). The van der Waals surface area contributed by atoms with Gasteiger partial charge in [-0.2, -0.15) is 0 Å². The van der Waals surface area contributed by atoms with Gasteiger partial charge in [0, 0.05) is 16.8 Å². The van der Waals surface area contributed by atoms with Crippen molar-refractivity contribution in [2.45, 2.75) is 28.4 Å². The lowest BCUT2D eigenvalue weighted by molar-refractivity contribution is -0.115. The van der Waals surface area contributed by atoms with Crippen LogP contribution in [0.4, 0.5) is 11.5 Å². The van der Waals surface area contributed by atoms with E-state index in [0.717, 1.165) is 4.90 Å². The fourth-order valence-electron chi connectivity index (χ4n) is 2.55. The van der Waals surface area contributed by atoms with Gasteiger partial charge in [-0.1, -0.05) is 31.2 Å². The summed E-state index contributed by atoms with van der Waals surface area (Å²) in [7, 11) is -3.75. The van der Waals surface area contributed by atoms with Crippen LogP contribution in [0.3, 0.4) is 0 Å². The minimum atomic E-state index is -3.75. The first-order chi connectivity index (χ1) is 14.0. The molecule has 0 spiro atoms. The summed E-state index contributed by atoms with van der Waals surface area (Å²) in [5, 5.41) is 2.61. The van der Waals surface area contributed by atoms with Crippen LogP contribution in [0.5, 0.6) is 0 Å². The Kier molecular flexibility index (Phi) is 6.90. The fraction of sp³-hybridized carbons (Fsp3) is 0.143. The van der Waals surface area contributed by atoms with Gasteiger partial charge in [0.25, 0.3) is 10.0 Å². The van der Waals surface area contributed by atoms with Gasteiger partial charge < -0.3 is 5.32 Å². The lowest BCUT2D eigenvalue weighted by atomic mass is 10.3. The maximum Gasteiger partial charge on any atom is 0.263 e. The maximum absolute atomic E-state index is 12.6. The molecule has 0 aliphatic carbocycles. The topological polar surface area (TPSA) is 88.2 Å². The van der Waals surface area contributed by atoms with Crippen molar-refractivity contribution in [1.29, 1.82) is 0 Å². The third-order valence-corrected chi connectivity index (χ3v) is 6.77. The van der Waals surface area contributed by atoms with Crippen LogP contribution in [-0.2, 0) is 14.8 Å². The van der Waals surface area contributed by atoms with Crippen molar-refractivity contribution in [2.24, 2.45) is 0 Å². The van der Waals surface area contributed by atoms with Crippen LogP contribution in [0, 0.1) is 0 Å². The molecule has 2 aromatic carbocycles. The summed E-state index contributed by atoms with van der Waals surface area (Å²) in [5.41, 5.74) is 0.541. The van der Waals surface area contributed by atoms with Crippen LogP contribution < -0.4 is 10.0 Å². The van der Waals surface area contributed by atoms with E-state index < -0.39 is 10.0 Å². The monoisotopic (exact) mass is 427 g/mol. The molecule has 3 aromatic rings. The number of aromatic nitrogens is 1. The van der Waals surface area contributed by atoms with E-state index in [1.54, 1.807) is 30.3 Å². The Balaban J connectivity index is 1.65. The molecular weight excluding hydrogens is 406 g/mol. The summed E-state index contributed by atoms with van der Waals surface area (Å²) in [6.07, 6.45) is 2.18. The lowest BCUT2D eigenvalue weighted by Crippen LogP contribution is -2.24. The highest BCUT2D eigenvalue weighted by molar-refractivity contribution is 8.00. The van der Waals surface area contributed by atoms with Gasteiger partial charge in [-0.15, -0.1) is 11.8 Å². The third kappa shape index (κ3) is 5.82. The Morgan fingerprint density at radius 1 is 1.00 bits per heavy atom. The predicted molar refractivity (Wildman–Crippen MR) is 116 cm³/mol.